The van der Waals surface area contributed by atoms with Gasteiger partial charge in [-0.05, 0) is 30.3 Å². The Morgan fingerprint density at radius 3 is 2.52 bits per heavy atom. The quantitative estimate of drug-likeness (QED) is 0.815. The smallest absolute Gasteiger partial charge is 0.233 e. The Hall–Kier alpha value is -2.54. The number of thioether (sulfide) groups is 1. The monoisotopic (exact) mass is 386 g/mol. The van der Waals surface area contributed by atoms with E-state index in [-0.39, 0.29) is 11.7 Å². The van der Waals surface area contributed by atoms with Gasteiger partial charge < -0.3 is 24.4 Å². The summed E-state index contributed by atoms with van der Waals surface area (Å²) < 4.78 is 11.1. The molecule has 0 saturated carbocycles. The Bertz CT molecular complexity index is 821. The Kier molecular flexibility index (Phi) is 5.29. The van der Waals surface area contributed by atoms with Gasteiger partial charge in [-0.3, -0.25) is 4.79 Å². The standard InChI is InChI=1S/C20H22N2O4S/c23-17-4-2-1-3-16(17)21-7-9-22(10-8-21)20(24)14-27-15-5-6-18-19(13-15)26-12-11-25-18/h1-6,13,23H,7-12,14H2. The van der Waals surface area contributed by atoms with Crippen molar-refractivity contribution in [2.45, 2.75) is 4.90 Å². The summed E-state index contributed by atoms with van der Waals surface area (Å²) in [5, 5.41) is 9.99. The van der Waals surface area contributed by atoms with Gasteiger partial charge >= 0.3 is 0 Å². The number of carbonyl (C=O) groups excluding carboxylic acids is 1. The summed E-state index contributed by atoms with van der Waals surface area (Å²) >= 11 is 1.51. The summed E-state index contributed by atoms with van der Waals surface area (Å²) in [7, 11) is 0. The number of piperazine rings is 1. The van der Waals surface area contributed by atoms with Crippen LogP contribution in [-0.4, -0.2) is 61.1 Å². The highest BCUT2D eigenvalue weighted by atomic mass is 32.2. The molecule has 0 bridgehead atoms. The number of aromatic hydroxyl groups is 1. The molecule has 0 atom stereocenters. The summed E-state index contributed by atoms with van der Waals surface area (Å²) in [6.45, 7) is 3.89. The fraction of sp³-hybridized carbons (Fsp3) is 0.350. The van der Waals surface area contributed by atoms with E-state index in [9.17, 15) is 9.90 Å². The number of ether oxygens (including phenoxy) is 2. The van der Waals surface area contributed by atoms with E-state index in [0.29, 0.717) is 32.1 Å². The molecule has 0 unspecified atom stereocenters. The van der Waals surface area contributed by atoms with Crippen molar-refractivity contribution in [2.75, 3.05) is 50.0 Å². The van der Waals surface area contributed by atoms with Crippen molar-refractivity contribution in [3.05, 3.63) is 42.5 Å². The lowest BCUT2D eigenvalue weighted by molar-refractivity contribution is -0.128. The van der Waals surface area contributed by atoms with Crippen LogP contribution in [-0.2, 0) is 4.79 Å². The minimum absolute atomic E-state index is 0.131. The number of phenolic OH excluding ortho intramolecular Hbond substituents is 1. The number of fused-ring (bicyclic) bond motifs is 1. The lowest BCUT2D eigenvalue weighted by Crippen LogP contribution is -2.49. The van der Waals surface area contributed by atoms with Gasteiger partial charge in [0.15, 0.2) is 11.5 Å². The minimum Gasteiger partial charge on any atom is -0.506 e. The summed E-state index contributed by atoms with van der Waals surface area (Å²) in [6, 6.07) is 13.1. The van der Waals surface area contributed by atoms with Crippen LogP contribution in [0.15, 0.2) is 47.4 Å². The molecule has 0 aliphatic carbocycles. The zero-order valence-electron chi connectivity index (χ0n) is 15.0. The third kappa shape index (κ3) is 4.08. The van der Waals surface area contributed by atoms with Crippen molar-refractivity contribution in [3.8, 4) is 17.2 Å². The Morgan fingerprint density at radius 2 is 1.74 bits per heavy atom. The first kappa shape index (κ1) is 17.9. The van der Waals surface area contributed by atoms with Gasteiger partial charge in [0.2, 0.25) is 5.91 Å². The summed E-state index contributed by atoms with van der Waals surface area (Å²) in [5.74, 6) is 2.32. The first-order valence-electron chi connectivity index (χ1n) is 9.04. The number of amides is 1. The number of carbonyl (C=O) groups is 1. The van der Waals surface area contributed by atoms with Crippen molar-refractivity contribution in [2.24, 2.45) is 0 Å². The second-order valence-corrected chi connectivity index (χ2v) is 7.50. The molecule has 2 aromatic rings. The Morgan fingerprint density at radius 1 is 1.00 bits per heavy atom. The van der Waals surface area contributed by atoms with Crippen LogP contribution in [0.2, 0.25) is 0 Å². The molecule has 7 heteroatoms. The summed E-state index contributed by atoms with van der Waals surface area (Å²) in [6.07, 6.45) is 0. The van der Waals surface area contributed by atoms with E-state index in [1.807, 2.05) is 41.3 Å². The van der Waals surface area contributed by atoms with Crippen molar-refractivity contribution in [1.82, 2.24) is 4.90 Å². The highest BCUT2D eigenvalue weighted by molar-refractivity contribution is 8.00. The van der Waals surface area contributed by atoms with Crippen molar-refractivity contribution >= 4 is 23.4 Å². The second kappa shape index (κ2) is 8.00. The number of para-hydroxylation sites is 2. The molecule has 0 radical (unpaired) electrons. The van der Waals surface area contributed by atoms with Crippen LogP contribution >= 0.6 is 11.8 Å². The largest absolute Gasteiger partial charge is 0.506 e. The van der Waals surface area contributed by atoms with E-state index in [2.05, 4.69) is 4.90 Å². The highest BCUT2D eigenvalue weighted by Crippen LogP contribution is 2.34. The van der Waals surface area contributed by atoms with Gasteiger partial charge in [0.1, 0.15) is 19.0 Å². The fourth-order valence-electron chi connectivity index (χ4n) is 3.28. The lowest BCUT2D eigenvalue weighted by Gasteiger charge is -2.36. The maximum Gasteiger partial charge on any atom is 0.233 e. The number of benzene rings is 2. The zero-order chi connectivity index (χ0) is 18.6. The molecule has 1 amide bonds. The van der Waals surface area contributed by atoms with Gasteiger partial charge in [-0.2, -0.15) is 0 Å². The molecule has 4 rings (SSSR count). The summed E-state index contributed by atoms with van der Waals surface area (Å²) in [4.78, 5) is 17.6. The van der Waals surface area contributed by atoms with Crippen LogP contribution in [0.3, 0.4) is 0 Å². The zero-order valence-corrected chi connectivity index (χ0v) is 15.8. The molecular formula is C20H22N2O4S. The minimum atomic E-state index is 0.131. The lowest BCUT2D eigenvalue weighted by atomic mass is 10.2. The molecule has 0 spiro atoms. The number of nitrogens with zero attached hydrogens (tertiary/aromatic N) is 2. The molecule has 2 heterocycles. The molecule has 0 aromatic heterocycles. The maximum atomic E-state index is 12.6. The highest BCUT2D eigenvalue weighted by Gasteiger charge is 2.22. The van der Waals surface area contributed by atoms with Crippen LogP contribution in [0.5, 0.6) is 17.2 Å². The van der Waals surface area contributed by atoms with Crippen LogP contribution in [0.1, 0.15) is 0 Å². The van der Waals surface area contributed by atoms with Gasteiger partial charge in [0.25, 0.3) is 0 Å². The maximum absolute atomic E-state index is 12.6. The predicted molar refractivity (Wildman–Crippen MR) is 105 cm³/mol. The Labute approximate surface area is 162 Å². The van der Waals surface area contributed by atoms with E-state index >= 15 is 0 Å². The van der Waals surface area contributed by atoms with Crippen LogP contribution < -0.4 is 14.4 Å². The summed E-state index contributed by atoms with van der Waals surface area (Å²) in [5.41, 5.74) is 0.829. The molecule has 6 nitrogen and oxygen atoms in total. The van der Waals surface area contributed by atoms with E-state index < -0.39 is 0 Å². The number of hydrogen-bond donors (Lipinski definition) is 1. The van der Waals surface area contributed by atoms with E-state index in [4.69, 9.17) is 9.47 Å². The molecule has 2 aromatic carbocycles. The first-order valence-corrected chi connectivity index (χ1v) is 10.0. The molecule has 2 aliphatic heterocycles. The van der Waals surface area contributed by atoms with Crippen LogP contribution in [0, 0.1) is 0 Å². The molecule has 2 aliphatic rings. The molecule has 142 valence electrons. The normalized spacial score (nSPS) is 16.3. The number of hydrogen-bond acceptors (Lipinski definition) is 6. The number of anilines is 1. The third-order valence-electron chi connectivity index (χ3n) is 4.73. The molecule has 1 saturated heterocycles. The van der Waals surface area contributed by atoms with Gasteiger partial charge in [0, 0.05) is 31.1 Å². The average Bonchev–Trinajstić information content (AvgIpc) is 2.72. The van der Waals surface area contributed by atoms with E-state index in [1.54, 1.807) is 6.07 Å². The Balaban J connectivity index is 1.29. The number of phenols is 1. The van der Waals surface area contributed by atoms with Gasteiger partial charge in [0.05, 0.1) is 11.4 Å². The van der Waals surface area contributed by atoms with Crippen molar-refractivity contribution in [1.29, 1.82) is 0 Å². The third-order valence-corrected chi connectivity index (χ3v) is 5.71. The molecule has 27 heavy (non-hydrogen) atoms. The van der Waals surface area contributed by atoms with Gasteiger partial charge in [-0.25, -0.2) is 0 Å². The number of rotatable bonds is 4. The van der Waals surface area contributed by atoms with Crippen molar-refractivity contribution in [3.63, 3.8) is 0 Å². The van der Waals surface area contributed by atoms with Gasteiger partial charge in [-0.15, -0.1) is 11.8 Å². The average molecular weight is 386 g/mol. The van der Waals surface area contributed by atoms with E-state index in [0.717, 1.165) is 35.2 Å². The van der Waals surface area contributed by atoms with Gasteiger partial charge in [-0.1, -0.05) is 12.1 Å². The van der Waals surface area contributed by atoms with Crippen LogP contribution in [0.25, 0.3) is 0 Å². The predicted octanol–water partition coefficient (Wildman–Crippen LogP) is 2.60. The topological polar surface area (TPSA) is 62.2 Å². The second-order valence-electron chi connectivity index (χ2n) is 6.45. The molecule has 1 N–H and O–H groups in total. The van der Waals surface area contributed by atoms with Crippen molar-refractivity contribution < 1.29 is 19.4 Å². The van der Waals surface area contributed by atoms with E-state index in [1.165, 1.54) is 11.8 Å². The SMILES string of the molecule is O=C(CSc1ccc2c(c1)OCCO2)N1CCN(c2ccccc2O)CC1. The van der Waals surface area contributed by atoms with Crippen LogP contribution in [0.4, 0.5) is 5.69 Å². The first-order chi connectivity index (χ1) is 13.2. The molecular weight excluding hydrogens is 364 g/mol. The molecule has 1 fully saturated rings. The fourth-order valence-corrected chi connectivity index (χ4v) is 4.11.